The summed E-state index contributed by atoms with van der Waals surface area (Å²) in [6.45, 7) is 5.00. The second-order valence-electron chi connectivity index (χ2n) is 7.68. The molecule has 4 rings (SSSR count). The van der Waals surface area contributed by atoms with Crippen molar-refractivity contribution in [3.8, 4) is 11.3 Å². The number of aromatic nitrogens is 1. The predicted molar refractivity (Wildman–Crippen MR) is 119 cm³/mol. The highest BCUT2D eigenvalue weighted by atomic mass is 16.5. The zero-order chi connectivity index (χ0) is 21.6. The molecule has 1 saturated heterocycles. The van der Waals surface area contributed by atoms with E-state index < -0.39 is 5.91 Å². The molecule has 160 valence electrons. The third kappa shape index (κ3) is 5.12. The van der Waals surface area contributed by atoms with Crippen LogP contribution in [0.3, 0.4) is 0 Å². The number of carbonyl (C=O) groups is 2. The number of amides is 2. The van der Waals surface area contributed by atoms with Crippen molar-refractivity contribution in [1.29, 1.82) is 0 Å². The lowest BCUT2D eigenvalue weighted by atomic mass is 10.1. The quantitative estimate of drug-likeness (QED) is 0.689. The summed E-state index contributed by atoms with van der Waals surface area (Å²) in [5.74, 6) is 0.00191. The molecule has 1 N–H and O–H groups in total. The van der Waals surface area contributed by atoms with Crippen LogP contribution in [0, 0.1) is 6.92 Å². The summed E-state index contributed by atoms with van der Waals surface area (Å²) in [6, 6.07) is 19.5. The summed E-state index contributed by atoms with van der Waals surface area (Å²) >= 11 is 0. The maximum atomic E-state index is 12.7. The smallest absolute Gasteiger partial charge is 0.273 e. The highest BCUT2D eigenvalue weighted by Crippen LogP contribution is 2.20. The van der Waals surface area contributed by atoms with Crippen LogP contribution in [0.4, 0.5) is 5.69 Å². The molecule has 0 spiro atoms. The molecule has 31 heavy (non-hydrogen) atoms. The first kappa shape index (κ1) is 20.7. The molecular weight excluding hydrogens is 392 g/mol. The Bertz CT molecular complexity index is 1030. The van der Waals surface area contributed by atoms with Crippen LogP contribution in [0.2, 0.25) is 0 Å². The summed E-state index contributed by atoms with van der Waals surface area (Å²) in [4.78, 5) is 29.2. The first-order valence-electron chi connectivity index (χ1n) is 10.5. The zero-order valence-electron chi connectivity index (χ0n) is 17.6. The molecule has 1 aliphatic heterocycles. The second-order valence-corrected chi connectivity index (χ2v) is 7.68. The predicted octanol–water partition coefficient (Wildman–Crippen LogP) is 3.12. The Balaban J connectivity index is 1.29. The van der Waals surface area contributed by atoms with Gasteiger partial charge in [-0.3, -0.25) is 9.59 Å². The van der Waals surface area contributed by atoms with E-state index >= 15 is 0 Å². The van der Waals surface area contributed by atoms with E-state index in [0.29, 0.717) is 18.8 Å². The minimum Gasteiger partial charge on any atom is -0.370 e. The molecule has 1 aliphatic rings. The first-order chi connectivity index (χ1) is 15.1. The summed E-state index contributed by atoms with van der Waals surface area (Å²) in [7, 11) is 0. The molecule has 1 fully saturated rings. The normalized spacial score (nSPS) is 14.2. The largest absolute Gasteiger partial charge is 0.370 e. The van der Waals surface area contributed by atoms with Crippen molar-refractivity contribution in [1.82, 2.24) is 15.4 Å². The molecule has 1 aromatic heterocycles. The van der Waals surface area contributed by atoms with Gasteiger partial charge in [-0.25, -0.2) is 0 Å². The molecule has 0 bridgehead atoms. The molecule has 3 aromatic rings. The van der Waals surface area contributed by atoms with E-state index in [1.165, 1.54) is 11.3 Å². The van der Waals surface area contributed by atoms with Crippen LogP contribution in [-0.2, 0) is 4.79 Å². The number of benzene rings is 2. The highest BCUT2D eigenvalue weighted by molar-refractivity contribution is 5.95. The lowest BCUT2D eigenvalue weighted by Gasteiger charge is -2.24. The molecular formula is C24H26N4O3. The van der Waals surface area contributed by atoms with Crippen molar-refractivity contribution < 1.29 is 14.1 Å². The number of nitrogens with one attached hydrogen (secondary N) is 1. The summed E-state index contributed by atoms with van der Waals surface area (Å²) < 4.78 is 5.26. The third-order valence-electron chi connectivity index (χ3n) is 5.45. The monoisotopic (exact) mass is 418 g/mol. The average Bonchev–Trinajstić information content (AvgIpc) is 3.17. The topological polar surface area (TPSA) is 78.7 Å². The summed E-state index contributed by atoms with van der Waals surface area (Å²) in [5, 5.41) is 6.49. The van der Waals surface area contributed by atoms with Crippen LogP contribution in [0.25, 0.3) is 11.3 Å². The Hall–Kier alpha value is -3.61. The van der Waals surface area contributed by atoms with Crippen molar-refractivity contribution in [3.05, 3.63) is 71.9 Å². The van der Waals surface area contributed by atoms with E-state index in [2.05, 4.69) is 46.6 Å². The number of carbonyl (C=O) groups excluding carboxylic acids is 2. The van der Waals surface area contributed by atoms with Gasteiger partial charge in [-0.2, -0.15) is 0 Å². The molecule has 2 amide bonds. The van der Waals surface area contributed by atoms with Gasteiger partial charge in [-0.1, -0.05) is 53.2 Å². The van der Waals surface area contributed by atoms with E-state index in [-0.39, 0.29) is 18.1 Å². The van der Waals surface area contributed by atoms with Gasteiger partial charge >= 0.3 is 0 Å². The zero-order valence-corrected chi connectivity index (χ0v) is 17.6. The van der Waals surface area contributed by atoms with Crippen LogP contribution in [-0.4, -0.2) is 54.6 Å². The number of aryl methyl sites for hydroxylation is 1. The second kappa shape index (κ2) is 9.47. The van der Waals surface area contributed by atoms with E-state index in [4.69, 9.17) is 4.52 Å². The van der Waals surface area contributed by atoms with Crippen molar-refractivity contribution in [2.24, 2.45) is 0 Å². The van der Waals surface area contributed by atoms with Gasteiger partial charge in [0.1, 0.15) is 0 Å². The first-order valence-corrected chi connectivity index (χ1v) is 10.5. The van der Waals surface area contributed by atoms with Gasteiger partial charge in [0, 0.05) is 43.5 Å². The minimum absolute atomic E-state index is 0.0586. The third-order valence-corrected chi connectivity index (χ3v) is 5.45. The molecule has 0 unspecified atom stereocenters. The van der Waals surface area contributed by atoms with Crippen molar-refractivity contribution in [2.45, 2.75) is 13.3 Å². The molecule has 7 heteroatoms. The van der Waals surface area contributed by atoms with Gasteiger partial charge in [-0.05, 0) is 25.5 Å². The average molecular weight is 418 g/mol. The molecule has 0 aliphatic carbocycles. The molecule has 2 aromatic carbocycles. The van der Waals surface area contributed by atoms with E-state index in [0.717, 1.165) is 25.1 Å². The van der Waals surface area contributed by atoms with Gasteiger partial charge in [-0.15, -0.1) is 0 Å². The lowest BCUT2D eigenvalue weighted by Crippen LogP contribution is -2.42. The molecule has 2 heterocycles. The van der Waals surface area contributed by atoms with Crippen LogP contribution in [0.5, 0.6) is 0 Å². The maximum absolute atomic E-state index is 12.7. The van der Waals surface area contributed by atoms with Crippen LogP contribution < -0.4 is 10.2 Å². The number of hydrogen-bond acceptors (Lipinski definition) is 5. The lowest BCUT2D eigenvalue weighted by molar-refractivity contribution is -0.129. The van der Waals surface area contributed by atoms with Gasteiger partial charge in [0.2, 0.25) is 5.91 Å². The molecule has 0 saturated carbocycles. The van der Waals surface area contributed by atoms with E-state index in [1.807, 2.05) is 35.2 Å². The van der Waals surface area contributed by atoms with E-state index in [9.17, 15) is 9.59 Å². The Kier molecular flexibility index (Phi) is 6.31. The van der Waals surface area contributed by atoms with E-state index in [1.54, 1.807) is 6.07 Å². The number of hydrogen-bond donors (Lipinski definition) is 1. The number of rotatable bonds is 5. The fraction of sp³-hybridized carbons (Fsp3) is 0.292. The van der Waals surface area contributed by atoms with Crippen molar-refractivity contribution >= 4 is 17.5 Å². The fourth-order valence-corrected chi connectivity index (χ4v) is 3.66. The van der Waals surface area contributed by atoms with Gasteiger partial charge in [0.15, 0.2) is 11.5 Å². The molecule has 0 atom stereocenters. The van der Waals surface area contributed by atoms with Crippen molar-refractivity contribution in [2.75, 3.05) is 37.6 Å². The Morgan fingerprint density at radius 2 is 1.77 bits per heavy atom. The maximum Gasteiger partial charge on any atom is 0.273 e. The van der Waals surface area contributed by atoms with Crippen LogP contribution in [0.1, 0.15) is 22.5 Å². The SMILES string of the molecule is Cc1ccc(N2CCCN(C(=O)CNC(=O)c3cc(-c4ccccc4)on3)CC2)cc1. The van der Waals surface area contributed by atoms with Gasteiger partial charge < -0.3 is 19.6 Å². The minimum atomic E-state index is -0.421. The highest BCUT2D eigenvalue weighted by Gasteiger charge is 2.21. The van der Waals surface area contributed by atoms with Crippen molar-refractivity contribution in [3.63, 3.8) is 0 Å². The number of anilines is 1. The van der Waals surface area contributed by atoms with Crippen LogP contribution in [0.15, 0.2) is 65.2 Å². The molecule has 7 nitrogen and oxygen atoms in total. The fourth-order valence-electron chi connectivity index (χ4n) is 3.66. The Labute approximate surface area is 181 Å². The molecule has 0 radical (unpaired) electrons. The Morgan fingerprint density at radius 3 is 2.55 bits per heavy atom. The van der Waals surface area contributed by atoms with Gasteiger partial charge in [0.25, 0.3) is 5.91 Å². The van der Waals surface area contributed by atoms with Crippen LogP contribution >= 0.6 is 0 Å². The van der Waals surface area contributed by atoms with Gasteiger partial charge in [0.05, 0.1) is 6.54 Å². The summed E-state index contributed by atoms with van der Waals surface area (Å²) in [5.41, 5.74) is 3.41. The summed E-state index contributed by atoms with van der Waals surface area (Å²) in [6.07, 6.45) is 0.886. The Morgan fingerprint density at radius 1 is 1.00 bits per heavy atom. The number of nitrogens with zero attached hydrogens (tertiary/aromatic N) is 3. The standard InChI is InChI=1S/C24H26N4O3/c1-18-8-10-20(11-9-18)27-12-5-13-28(15-14-27)23(29)17-25-24(30)21-16-22(31-26-21)19-6-3-2-4-7-19/h2-4,6-11,16H,5,12-15,17H2,1H3,(H,25,30).